The topological polar surface area (TPSA) is 76.0 Å². The Labute approximate surface area is 156 Å². The molecule has 0 radical (unpaired) electrons. The molecule has 0 aromatic heterocycles. The number of esters is 1. The van der Waals surface area contributed by atoms with Gasteiger partial charge in [0, 0.05) is 6.92 Å². The molecular formula is C21H34O5. The molecule has 7 atom stereocenters. The van der Waals surface area contributed by atoms with Gasteiger partial charge in [0.25, 0.3) is 0 Å². The molecule has 0 aliphatic heterocycles. The summed E-state index contributed by atoms with van der Waals surface area (Å²) in [6, 6.07) is 0. The second-order valence-corrected chi connectivity index (χ2v) is 10.3. The van der Waals surface area contributed by atoms with Gasteiger partial charge in [0.2, 0.25) is 0 Å². The van der Waals surface area contributed by atoms with Crippen LogP contribution in [0.5, 0.6) is 0 Å². The third-order valence-electron chi connectivity index (χ3n) is 9.00. The molecular weight excluding hydrogens is 332 g/mol. The van der Waals surface area contributed by atoms with E-state index >= 15 is 0 Å². The second-order valence-electron chi connectivity index (χ2n) is 10.3. The van der Waals surface area contributed by atoms with E-state index in [-0.39, 0.29) is 29.3 Å². The Morgan fingerprint density at radius 2 is 1.88 bits per heavy atom. The number of aliphatic hydroxyl groups is 1. The molecule has 1 spiro atoms. The molecule has 7 unspecified atom stereocenters. The van der Waals surface area contributed by atoms with Crippen LogP contribution in [0.1, 0.15) is 78.6 Å². The van der Waals surface area contributed by atoms with Crippen LogP contribution in [0, 0.1) is 28.6 Å². The molecule has 2 bridgehead atoms. The third-order valence-corrected chi connectivity index (χ3v) is 9.00. The first kappa shape index (κ1) is 18.7. The highest BCUT2D eigenvalue weighted by atomic mass is 17.1. The SMILES string of the molecule is CC(=O)OCC1(O)CC23CCC4C(C)(OO)CCCC4(C)C2CCC1C3. The molecule has 0 saturated heterocycles. The summed E-state index contributed by atoms with van der Waals surface area (Å²) in [5.41, 5.74) is -1.02. The van der Waals surface area contributed by atoms with E-state index in [1.807, 2.05) is 0 Å². The van der Waals surface area contributed by atoms with E-state index in [0.29, 0.717) is 11.8 Å². The standard InChI is InChI=1S/C21H34O5/c1-14(22)25-13-21(23)12-20-10-7-16-18(2,8-4-9-19(16,3)26-24)17(20)6-5-15(21)11-20/h15-17,23-24H,4-13H2,1-3H3. The number of carbonyl (C=O) groups excluding carboxylic acids is 1. The van der Waals surface area contributed by atoms with Gasteiger partial charge >= 0.3 is 5.97 Å². The number of hydrogen-bond donors (Lipinski definition) is 2. The quantitative estimate of drug-likeness (QED) is 0.449. The zero-order valence-electron chi connectivity index (χ0n) is 16.4. The highest BCUT2D eigenvalue weighted by Crippen LogP contribution is 2.72. The van der Waals surface area contributed by atoms with E-state index < -0.39 is 11.2 Å². The lowest BCUT2D eigenvalue weighted by Crippen LogP contribution is -2.59. The lowest BCUT2D eigenvalue weighted by molar-refractivity contribution is -0.359. The Balaban J connectivity index is 1.63. The van der Waals surface area contributed by atoms with Crippen molar-refractivity contribution in [1.29, 1.82) is 0 Å². The molecule has 0 aromatic carbocycles. The van der Waals surface area contributed by atoms with Crippen LogP contribution in [0.3, 0.4) is 0 Å². The molecule has 4 rings (SSSR count). The van der Waals surface area contributed by atoms with Crippen molar-refractivity contribution in [3.8, 4) is 0 Å². The largest absolute Gasteiger partial charge is 0.463 e. The van der Waals surface area contributed by atoms with Gasteiger partial charge in [0.15, 0.2) is 0 Å². The maximum absolute atomic E-state index is 11.3. The van der Waals surface area contributed by atoms with Gasteiger partial charge in [-0.2, -0.15) is 0 Å². The molecule has 4 aliphatic rings. The van der Waals surface area contributed by atoms with E-state index in [9.17, 15) is 15.2 Å². The first-order valence-electron chi connectivity index (χ1n) is 10.4. The van der Waals surface area contributed by atoms with Crippen molar-refractivity contribution >= 4 is 5.97 Å². The van der Waals surface area contributed by atoms with E-state index in [1.54, 1.807) is 0 Å². The zero-order valence-corrected chi connectivity index (χ0v) is 16.4. The highest BCUT2D eigenvalue weighted by molar-refractivity contribution is 5.66. The van der Waals surface area contributed by atoms with Crippen molar-refractivity contribution in [2.45, 2.75) is 89.8 Å². The fourth-order valence-electron chi connectivity index (χ4n) is 8.07. The van der Waals surface area contributed by atoms with E-state index in [2.05, 4.69) is 13.8 Å². The first-order valence-corrected chi connectivity index (χ1v) is 10.4. The average Bonchev–Trinajstić information content (AvgIpc) is 2.79. The number of hydrogen-bond acceptors (Lipinski definition) is 5. The van der Waals surface area contributed by atoms with Gasteiger partial charge in [-0.25, -0.2) is 4.89 Å². The molecule has 4 aliphatic carbocycles. The highest BCUT2D eigenvalue weighted by Gasteiger charge is 2.68. The normalized spacial score (nSPS) is 52.9. The summed E-state index contributed by atoms with van der Waals surface area (Å²) in [5.74, 6) is 0.837. The van der Waals surface area contributed by atoms with E-state index in [1.165, 1.54) is 13.3 Å². The minimum Gasteiger partial charge on any atom is -0.463 e. The van der Waals surface area contributed by atoms with Gasteiger partial charge < -0.3 is 9.84 Å². The number of rotatable bonds is 3. The van der Waals surface area contributed by atoms with E-state index in [4.69, 9.17) is 9.62 Å². The molecule has 4 saturated carbocycles. The van der Waals surface area contributed by atoms with Crippen LogP contribution in [0.2, 0.25) is 0 Å². The summed E-state index contributed by atoms with van der Waals surface area (Å²) < 4.78 is 5.25. The summed E-state index contributed by atoms with van der Waals surface area (Å²) in [6.07, 6.45) is 9.23. The van der Waals surface area contributed by atoms with Crippen molar-refractivity contribution in [1.82, 2.24) is 0 Å². The molecule has 4 fully saturated rings. The zero-order chi connectivity index (χ0) is 18.8. The fraction of sp³-hybridized carbons (Fsp3) is 0.952. The Hall–Kier alpha value is -0.650. The lowest BCUT2D eigenvalue weighted by atomic mass is 9.43. The van der Waals surface area contributed by atoms with Crippen LogP contribution in [-0.4, -0.2) is 34.1 Å². The van der Waals surface area contributed by atoms with Crippen LogP contribution in [0.4, 0.5) is 0 Å². The molecule has 0 heterocycles. The number of carbonyl (C=O) groups is 1. The number of fused-ring (bicyclic) bond motifs is 3. The fourth-order valence-corrected chi connectivity index (χ4v) is 8.07. The van der Waals surface area contributed by atoms with Gasteiger partial charge in [0.05, 0.1) is 0 Å². The summed E-state index contributed by atoms with van der Waals surface area (Å²) >= 11 is 0. The van der Waals surface area contributed by atoms with Crippen LogP contribution < -0.4 is 0 Å². The van der Waals surface area contributed by atoms with Crippen LogP contribution in [0.15, 0.2) is 0 Å². The van der Waals surface area contributed by atoms with Crippen molar-refractivity contribution in [2.75, 3.05) is 6.61 Å². The Kier molecular flexibility index (Phi) is 4.26. The lowest BCUT2D eigenvalue weighted by Gasteiger charge is -2.63. The third kappa shape index (κ3) is 2.50. The van der Waals surface area contributed by atoms with Crippen LogP contribution >= 0.6 is 0 Å². The van der Waals surface area contributed by atoms with Gasteiger partial charge in [-0.15, -0.1) is 0 Å². The Morgan fingerprint density at radius 3 is 2.58 bits per heavy atom. The number of ether oxygens (including phenoxy) is 1. The van der Waals surface area contributed by atoms with Crippen LogP contribution in [0.25, 0.3) is 0 Å². The summed E-state index contributed by atoms with van der Waals surface area (Å²) in [6.45, 7) is 6.03. The molecule has 0 aromatic rings. The average molecular weight is 366 g/mol. The van der Waals surface area contributed by atoms with Crippen LogP contribution in [-0.2, 0) is 14.4 Å². The monoisotopic (exact) mass is 366 g/mol. The minimum absolute atomic E-state index is 0.138. The van der Waals surface area contributed by atoms with Gasteiger partial charge in [-0.1, -0.05) is 6.92 Å². The summed E-state index contributed by atoms with van der Waals surface area (Å²) in [5, 5.41) is 21.0. The van der Waals surface area contributed by atoms with Gasteiger partial charge in [0.1, 0.15) is 17.8 Å². The van der Waals surface area contributed by atoms with Crippen molar-refractivity contribution in [3.63, 3.8) is 0 Å². The summed E-state index contributed by atoms with van der Waals surface area (Å²) in [7, 11) is 0. The maximum Gasteiger partial charge on any atom is 0.302 e. The van der Waals surface area contributed by atoms with Crippen molar-refractivity contribution in [3.05, 3.63) is 0 Å². The predicted molar refractivity (Wildman–Crippen MR) is 96.3 cm³/mol. The van der Waals surface area contributed by atoms with Gasteiger partial charge in [-0.3, -0.25) is 10.1 Å². The molecule has 5 heteroatoms. The second kappa shape index (κ2) is 5.92. The maximum atomic E-state index is 11.3. The van der Waals surface area contributed by atoms with E-state index in [0.717, 1.165) is 51.4 Å². The molecule has 0 amide bonds. The smallest absolute Gasteiger partial charge is 0.302 e. The predicted octanol–water partition coefficient (Wildman–Crippen LogP) is 3.94. The Bertz CT molecular complexity index is 593. The van der Waals surface area contributed by atoms with Gasteiger partial charge in [-0.05, 0) is 93.3 Å². The van der Waals surface area contributed by atoms with Crippen molar-refractivity contribution < 1.29 is 24.8 Å². The summed E-state index contributed by atoms with van der Waals surface area (Å²) in [4.78, 5) is 16.4. The Morgan fingerprint density at radius 1 is 1.12 bits per heavy atom. The molecule has 5 nitrogen and oxygen atoms in total. The first-order chi connectivity index (χ1) is 12.2. The van der Waals surface area contributed by atoms with Crippen molar-refractivity contribution in [2.24, 2.45) is 28.6 Å². The molecule has 148 valence electrons. The molecule has 26 heavy (non-hydrogen) atoms. The minimum atomic E-state index is -0.866. The molecule has 2 N–H and O–H groups in total.